The molecule has 8 heteroatoms. The van der Waals surface area contributed by atoms with Crippen molar-refractivity contribution in [3.8, 4) is 0 Å². The first-order chi connectivity index (χ1) is 14.1. The molecule has 0 radical (unpaired) electrons. The molecular weight excluding hydrogens is 390 g/mol. The Labute approximate surface area is 172 Å². The van der Waals surface area contributed by atoms with Crippen molar-refractivity contribution in [1.82, 2.24) is 0 Å². The zero-order valence-electron chi connectivity index (χ0n) is 16.7. The van der Waals surface area contributed by atoms with Gasteiger partial charge in [0, 0.05) is 28.7 Å². The van der Waals surface area contributed by atoms with Crippen LogP contribution in [0.4, 0.5) is 5.69 Å². The van der Waals surface area contributed by atoms with Gasteiger partial charge >= 0.3 is 11.9 Å². The summed E-state index contributed by atoms with van der Waals surface area (Å²) in [5.41, 5.74) is 1.84. The third kappa shape index (κ3) is 3.04. The normalized spacial score (nSPS) is 30.0. The predicted molar refractivity (Wildman–Crippen MR) is 105 cm³/mol. The average molecular weight is 411 g/mol. The Morgan fingerprint density at radius 1 is 1.33 bits per heavy atom. The first-order valence-electron chi connectivity index (χ1n) is 9.61. The third-order valence-corrected chi connectivity index (χ3v) is 6.50. The number of non-ortho nitro benzene ring substituents is 1. The van der Waals surface area contributed by atoms with Crippen LogP contribution in [0.5, 0.6) is 0 Å². The van der Waals surface area contributed by atoms with Crippen molar-refractivity contribution < 1.29 is 29.1 Å². The highest BCUT2D eigenvalue weighted by molar-refractivity contribution is 5.94. The van der Waals surface area contributed by atoms with Gasteiger partial charge < -0.3 is 14.6 Å². The van der Waals surface area contributed by atoms with Crippen LogP contribution >= 0.6 is 0 Å². The minimum Gasteiger partial charge on any atom is -0.452 e. The van der Waals surface area contributed by atoms with Crippen LogP contribution in [0, 0.1) is 21.4 Å². The van der Waals surface area contributed by atoms with Crippen molar-refractivity contribution in [3.05, 3.63) is 74.6 Å². The SMILES string of the molecule is CC1=C2C[C@@]3(C)C(=C[C@H](OC(=O)c4ccc([N+](=O)[O-])cc4)[C@H](O)[C@@H]3C)C=C2OC1=O. The third-order valence-electron chi connectivity index (χ3n) is 6.50. The van der Waals surface area contributed by atoms with E-state index in [0.717, 1.165) is 11.1 Å². The monoisotopic (exact) mass is 411 g/mol. The molecule has 1 aliphatic heterocycles. The number of benzene rings is 1. The van der Waals surface area contributed by atoms with Gasteiger partial charge in [0.1, 0.15) is 11.9 Å². The number of carbonyl (C=O) groups is 2. The van der Waals surface area contributed by atoms with E-state index in [0.29, 0.717) is 17.8 Å². The van der Waals surface area contributed by atoms with E-state index in [1.165, 1.54) is 24.3 Å². The molecule has 0 bridgehead atoms. The number of esters is 2. The van der Waals surface area contributed by atoms with Gasteiger partial charge in [-0.1, -0.05) is 13.8 Å². The van der Waals surface area contributed by atoms with E-state index >= 15 is 0 Å². The lowest BCUT2D eigenvalue weighted by Crippen LogP contribution is -2.48. The van der Waals surface area contributed by atoms with Crippen LogP contribution in [0.15, 0.2) is 58.9 Å². The molecule has 4 atom stereocenters. The molecule has 1 aromatic carbocycles. The molecule has 0 spiro atoms. The fraction of sp³-hybridized carbons (Fsp3) is 0.364. The van der Waals surface area contributed by atoms with Gasteiger partial charge in [-0.3, -0.25) is 10.1 Å². The number of carbonyl (C=O) groups excluding carboxylic acids is 2. The fourth-order valence-corrected chi connectivity index (χ4v) is 4.27. The van der Waals surface area contributed by atoms with E-state index in [1.807, 2.05) is 13.8 Å². The number of hydrogen-bond donors (Lipinski definition) is 1. The molecule has 4 rings (SSSR count). The molecule has 0 saturated heterocycles. The predicted octanol–water partition coefficient (Wildman–Crippen LogP) is 3.22. The van der Waals surface area contributed by atoms with Gasteiger partial charge in [0.05, 0.1) is 16.6 Å². The van der Waals surface area contributed by atoms with Crippen LogP contribution < -0.4 is 0 Å². The summed E-state index contributed by atoms with van der Waals surface area (Å²) in [6.45, 7) is 5.63. The van der Waals surface area contributed by atoms with Crippen LogP contribution in [-0.2, 0) is 14.3 Å². The van der Waals surface area contributed by atoms with E-state index in [2.05, 4.69) is 0 Å². The van der Waals surface area contributed by atoms with E-state index in [4.69, 9.17) is 9.47 Å². The molecular formula is C22H21NO7. The lowest BCUT2D eigenvalue weighted by molar-refractivity contribution is -0.384. The van der Waals surface area contributed by atoms with Crippen LogP contribution in [0.2, 0.25) is 0 Å². The van der Waals surface area contributed by atoms with Crippen molar-refractivity contribution in [3.63, 3.8) is 0 Å². The van der Waals surface area contributed by atoms with Crippen molar-refractivity contribution in [1.29, 1.82) is 0 Å². The first-order valence-corrected chi connectivity index (χ1v) is 9.61. The molecule has 1 N–H and O–H groups in total. The summed E-state index contributed by atoms with van der Waals surface area (Å²) in [5, 5.41) is 21.6. The zero-order valence-corrected chi connectivity index (χ0v) is 16.7. The summed E-state index contributed by atoms with van der Waals surface area (Å²) in [6, 6.07) is 5.08. The molecule has 8 nitrogen and oxygen atoms in total. The number of allylic oxidation sites excluding steroid dienone is 3. The maximum Gasteiger partial charge on any atom is 0.339 e. The van der Waals surface area contributed by atoms with Gasteiger partial charge in [-0.15, -0.1) is 0 Å². The summed E-state index contributed by atoms with van der Waals surface area (Å²) in [7, 11) is 0. The summed E-state index contributed by atoms with van der Waals surface area (Å²) in [4.78, 5) is 34.7. The molecule has 1 heterocycles. The molecule has 0 saturated carbocycles. The van der Waals surface area contributed by atoms with Crippen LogP contribution in [0.1, 0.15) is 37.6 Å². The van der Waals surface area contributed by atoms with Crippen LogP contribution in [0.3, 0.4) is 0 Å². The molecule has 0 fully saturated rings. The smallest absolute Gasteiger partial charge is 0.339 e. The zero-order chi connectivity index (χ0) is 21.8. The van der Waals surface area contributed by atoms with Crippen molar-refractivity contribution in [2.24, 2.45) is 11.3 Å². The van der Waals surface area contributed by atoms with Gasteiger partial charge in [0.25, 0.3) is 5.69 Å². The van der Waals surface area contributed by atoms with E-state index in [-0.39, 0.29) is 23.1 Å². The number of ether oxygens (including phenoxy) is 2. The summed E-state index contributed by atoms with van der Waals surface area (Å²) in [5.74, 6) is -0.812. The van der Waals surface area contributed by atoms with Gasteiger partial charge in [0.15, 0.2) is 0 Å². The number of nitrogens with zero attached hydrogens (tertiary/aromatic N) is 1. The highest BCUT2D eigenvalue weighted by Crippen LogP contribution is 2.53. The Kier molecular flexibility index (Phi) is 4.62. The second-order valence-corrected chi connectivity index (χ2v) is 8.17. The average Bonchev–Trinajstić information content (AvgIpc) is 2.98. The topological polar surface area (TPSA) is 116 Å². The number of aliphatic hydroxyl groups excluding tert-OH is 1. The summed E-state index contributed by atoms with van der Waals surface area (Å²) in [6.07, 6.45) is 2.17. The largest absolute Gasteiger partial charge is 0.452 e. The van der Waals surface area contributed by atoms with Gasteiger partial charge in [-0.2, -0.15) is 0 Å². The lowest BCUT2D eigenvalue weighted by atomic mass is 9.60. The van der Waals surface area contributed by atoms with Gasteiger partial charge in [-0.25, -0.2) is 9.59 Å². The molecule has 0 aromatic heterocycles. The standard InChI is InChI=1S/C22H21NO7/c1-11-16-10-22(3)12(2)19(24)18(9-14(22)8-17(16)29-20(11)25)30-21(26)13-4-6-15(7-5-13)23(27)28/h4-9,12,18-19,24H,10H2,1-3H3/t12-,18-,19+,22+/m0/s1. The molecule has 0 unspecified atom stereocenters. The van der Waals surface area contributed by atoms with Gasteiger partial charge in [-0.05, 0) is 49.1 Å². The van der Waals surface area contributed by atoms with Crippen LogP contribution in [0.25, 0.3) is 0 Å². The van der Waals surface area contributed by atoms with Crippen molar-refractivity contribution >= 4 is 17.6 Å². The molecule has 156 valence electrons. The Hall–Kier alpha value is -3.26. The fourth-order valence-electron chi connectivity index (χ4n) is 4.27. The van der Waals surface area contributed by atoms with E-state index < -0.39 is 28.5 Å². The Morgan fingerprint density at radius 3 is 2.63 bits per heavy atom. The first kappa shape index (κ1) is 20.0. The second-order valence-electron chi connectivity index (χ2n) is 8.17. The summed E-state index contributed by atoms with van der Waals surface area (Å²) < 4.78 is 10.9. The molecule has 0 amide bonds. The van der Waals surface area contributed by atoms with E-state index in [9.17, 15) is 24.8 Å². The number of nitro benzene ring substituents is 1. The number of nitro groups is 1. The van der Waals surface area contributed by atoms with Crippen LogP contribution in [-0.4, -0.2) is 34.2 Å². The summed E-state index contributed by atoms with van der Waals surface area (Å²) >= 11 is 0. The Morgan fingerprint density at radius 2 is 2.00 bits per heavy atom. The van der Waals surface area contributed by atoms with Crippen molar-refractivity contribution in [2.45, 2.75) is 39.4 Å². The highest BCUT2D eigenvalue weighted by atomic mass is 16.6. The van der Waals surface area contributed by atoms with Crippen molar-refractivity contribution in [2.75, 3.05) is 0 Å². The maximum atomic E-state index is 12.5. The molecule has 30 heavy (non-hydrogen) atoms. The molecule has 2 aliphatic carbocycles. The minimum absolute atomic E-state index is 0.130. The van der Waals surface area contributed by atoms with Gasteiger partial charge in [0.2, 0.25) is 0 Å². The maximum absolute atomic E-state index is 12.5. The Balaban J connectivity index is 1.63. The number of rotatable bonds is 3. The lowest BCUT2D eigenvalue weighted by Gasteiger charge is -2.47. The quantitative estimate of drug-likeness (QED) is 0.461. The second kappa shape index (κ2) is 6.91. The number of fused-ring (bicyclic) bond motifs is 2. The highest BCUT2D eigenvalue weighted by Gasteiger charge is 2.50. The Bertz CT molecular complexity index is 1050. The molecule has 1 aromatic rings. The molecule has 3 aliphatic rings. The minimum atomic E-state index is -0.949. The van der Waals surface area contributed by atoms with E-state index in [1.54, 1.807) is 19.1 Å². The number of aliphatic hydroxyl groups is 1. The number of hydrogen-bond acceptors (Lipinski definition) is 7.